The lowest BCUT2D eigenvalue weighted by Crippen LogP contribution is -2.38. The molecule has 1 aliphatic rings. The molecule has 0 saturated carbocycles. The summed E-state index contributed by atoms with van der Waals surface area (Å²) in [5, 5.41) is 2.66. The SMILES string of the molecule is CNC(=O)CN1CCc2ccc(OC)c(Br)c2C1. The lowest BCUT2D eigenvalue weighted by Gasteiger charge is -2.29. The Balaban J connectivity index is 2.19. The van der Waals surface area contributed by atoms with Crippen LogP contribution in [0.3, 0.4) is 0 Å². The lowest BCUT2D eigenvalue weighted by molar-refractivity contribution is -0.121. The van der Waals surface area contributed by atoms with E-state index in [2.05, 4.69) is 32.2 Å². The number of fused-ring (bicyclic) bond motifs is 1. The predicted molar refractivity (Wildman–Crippen MR) is 73.7 cm³/mol. The van der Waals surface area contributed by atoms with Gasteiger partial charge in [-0.3, -0.25) is 9.69 Å². The zero-order valence-corrected chi connectivity index (χ0v) is 12.2. The number of carbonyl (C=O) groups excluding carboxylic acids is 1. The van der Waals surface area contributed by atoms with E-state index in [0.29, 0.717) is 6.54 Å². The second-order valence-electron chi connectivity index (χ2n) is 4.35. The minimum absolute atomic E-state index is 0.0532. The monoisotopic (exact) mass is 312 g/mol. The van der Waals surface area contributed by atoms with Gasteiger partial charge in [-0.2, -0.15) is 0 Å². The highest BCUT2D eigenvalue weighted by atomic mass is 79.9. The second-order valence-corrected chi connectivity index (χ2v) is 5.15. The highest BCUT2D eigenvalue weighted by Crippen LogP contribution is 2.34. The average molecular weight is 313 g/mol. The molecule has 1 N–H and O–H groups in total. The molecule has 0 radical (unpaired) electrons. The zero-order valence-electron chi connectivity index (χ0n) is 10.6. The number of nitrogens with one attached hydrogen (secondary N) is 1. The van der Waals surface area contributed by atoms with E-state index >= 15 is 0 Å². The Morgan fingerprint density at radius 3 is 3.00 bits per heavy atom. The van der Waals surface area contributed by atoms with Crippen LogP contribution < -0.4 is 10.1 Å². The van der Waals surface area contributed by atoms with Crippen molar-refractivity contribution in [2.24, 2.45) is 0 Å². The Labute approximate surface area is 115 Å². The van der Waals surface area contributed by atoms with Crippen molar-refractivity contribution in [3.8, 4) is 5.75 Å². The van der Waals surface area contributed by atoms with Crippen LogP contribution in [-0.2, 0) is 17.8 Å². The summed E-state index contributed by atoms with van der Waals surface area (Å²) in [6.45, 7) is 2.14. The molecule has 0 atom stereocenters. The smallest absolute Gasteiger partial charge is 0.233 e. The number of nitrogens with zero attached hydrogens (tertiary/aromatic N) is 1. The highest BCUT2D eigenvalue weighted by Gasteiger charge is 2.21. The van der Waals surface area contributed by atoms with Gasteiger partial charge in [-0.1, -0.05) is 6.07 Å². The van der Waals surface area contributed by atoms with E-state index in [-0.39, 0.29) is 5.91 Å². The third-order valence-electron chi connectivity index (χ3n) is 3.25. The summed E-state index contributed by atoms with van der Waals surface area (Å²) in [4.78, 5) is 13.6. The minimum atomic E-state index is 0.0532. The van der Waals surface area contributed by atoms with E-state index in [9.17, 15) is 4.79 Å². The summed E-state index contributed by atoms with van der Waals surface area (Å²) in [7, 11) is 3.33. The number of ether oxygens (including phenoxy) is 1. The van der Waals surface area contributed by atoms with Crippen molar-refractivity contribution in [1.82, 2.24) is 10.2 Å². The first-order valence-electron chi connectivity index (χ1n) is 5.93. The van der Waals surface area contributed by atoms with Crippen LogP contribution >= 0.6 is 15.9 Å². The zero-order chi connectivity index (χ0) is 13.1. The molecule has 1 aromatic carbocycles. The van der Waals surface area contributed by atoms with Gasteiger partial charge in [-0.15, -0.1) is 0 Å². The van der Waals surface area contributed by atoms with Crippen LogP contribution in [0.15, 0.2) is 16.6 Å². The molecule has 1 aromatic rings. The van der Waals surface area contributed by atoms with Gasteiger partial charge in [0.15, 0.2) is 0 Å². The maximum Gasteiger partial charge on any atom is 0.233 e. The molecule has 0 saturated heterocycles. The molecular formula is C13H17BrN2O2. The van der Waals surface area contributed by atoms with Crippen molar-refractivity contribution in [1.29, 1.82) is 0 Å². The van der Waals surface area contributed by atoms with Gasteiger partial charge in [0, 0.05) is 20.1 Å². The van der Waals surface area contributed by atoms with Crippen LogP contribution in [0.4, 0.5) is 0 Å². The molecule has 0 aromatic heterocycles. The summed E-state index contributed by atoms with van der Waals surface area (Å²) < 4.78 is 6.31. The molecule has 0 bridgehead atoms. The second kappa shape index (κ2) is 5.71. The molecule has 0 spiro atoms. The van der Waals surface area contributed by atoms with Crippen LogP contribution in [0.5, 0.6) is 5.75 Å². The molecule has 0 fully saturated rings. The number of halogens is 1. The van der Waals surface area contributed by atoms with Crippen LogP contribution in [0, 0.1) is 0 Å². The third-order valence-corrected chi connectivity index (χ3v) is 4.12. The van der Waals surface area contributed by atoms with Gasteiger partial charge in [0.2, 0.25) is 5.91 Å². The van der Waals surface area contributed by atoms with Crippen LogP contribution in [0.1, 0.15) is 11.1 Å². The number of carbonyl (C=O) groups is 1. The van der Waals surface area contributed by atoms with E-state index in [1.165, 1.54) is 11.1 Å². The standard InChI is InChI=1S/C13H17BrN2O2/c1-15-12(17)8-16-6-5-9-3-4-11(18-2)13(14)10(9)7-16/h3-4H,5-8H2,1-2H3,(H,15,17). The molecule has 2 rings (SSSR count). The first-order chi connectivity index (χ1) is 8.65. The average Bonchev–Trinajstić information content (AvgIpc) is 2.39. The number of rotatable bonds is 3. The van der Waals surface area contributed by atoms with E-state index in [1.54, 1.807) is 14.2 Å². The number of methoxy groups -OCH3 is 1. The van der Waals surface area contributed by atoms with Crippen molar-refractivity contribution in [2.75, 3.05) is 27.2 Å². The number of amides is 1. The molecule has 1 heterocycles. The quantitative estimate of drug-likeness (QED) is 0.921. The summed E-state index contributed by atoms with van der Waals surface area (Å²) in [6.07, 6.45) is 0.967. The van der Waals surface area contributed by atoms with Crippen molar-refractivity contribution in [3.63, 3.8) is 0 Å². The van der Waals surface area contributed by atoms with E-state index in [0.717, 1.165) is 29.7 Å². The van der Waals surface area contributed by atoms with Crippen molar-refractivity contribution >= 4 is 21.8 Å². The molecule has 98 valence electrons. The van der Waals surface area contributed by atoms with Crippen molar-refractivity contribution in [3.05, 3.63) is 27.7 Å². The largest absolute Gasteiger partial charge is 0.496 e. The summed E-state index contributed by atoms with van der Waals surface area (Å²) in [6, 6.07) is 4.09. The van der Waals surface area contributed by atoms with Gasteiger partial charge in [0.1, 0.15) is 5.75 Å². The van der Waals surface area contributed by atoms with E-state index < -0.39 is 0 Å². The molecule has 0 aliphatic carbocycles. The number of hydrogen-bond donors (Lipinski definition) is 1. The van der Waals surface area contributed by atoms with Gasteiger partial charge < -0.3 is 10.1 Å². The Kier molecular flexibility index (Phi) is 4.24. The topological polar surface area (TPSA) is 41.6 Å². The van der Waals surface area contributed by atoms with Crippen LogP contribution in [0.2, 0.25) is 0 Å². The van der Waals surface area contributed by atoms with Crippen LogP contribution in [0.25, 0.3) is 0 Å². The highest BCUT2D eigenvalue weighted by molar-refractivity contribution is 9.10. The molecule has 0 unspecified atom stereocenters. The summed E-state index contributed by atoms with van der Waals surface area (Å²) in [5.41, 5.74) is 2.56. The fourth-order valence-corrected chi connectivity index (χ4v) is 2.87. The predicted octanol–water partition coefficient (Wildman–Crippen LogP) is 1.56. The van der Waals surface area contributed by atoms with Crippen LogP contribution in [-0.4, -0.2) is 38.1 Å². The normalized spacial score (nSPS) is 15.1. The van der Waals surface area contributed by atoms with Gasteiger partial charge in [-0.25, -0.2) is 0 Å². The lowest BCUT2D eigenvalue weighted by atomic mass is 9.99. The fourth-order valence-electron chi connectivity index (χ4n) is 2.20. The summed E-state index contributed by atoms with van der Waals surface area (Å²) >= 11 is 3.59. The Morgan fingerprint density at radius 2 is 2.33 bits per heavy atom. The number of hydrogen-bond acceptors (Lipinski definition) is 3. The van der Waals surface area contributed by atoms with Gasteiger partial charge in [0.25, 0.3) is 0 Å². The maximum atomic E-state index is 11.4. The molecule has 5 heteroatoms. The third kappa shape index (κ3) is 2.67. The molecular weight excluding hydrogens is 296 g/mol. The Morgan fingerprint density at radius 1 is 1.56 bits per heavy atom. The van der Waals surface area contributed by atoms with E-state index in [4.69, 9.17) is 4.74 Å². The van der Waals surface area contributed by atoms with Crippen molar-refractivity contribution in [2.45, 2.75) is 13.0 Å². The first kappa shape index (κ1) is 13.4. The molecule has 18 heavy (non-hydrogen) atoms. The van der Waals surface area contributed by atoms with Gasteiger partial charge in [0.05, 0.1) is 18.1 Å². The Hall–Kier alpha value is -1.07. The molecule has 4 nitrogen and oxygen atoms in total. The van der Waals surface area contributed by atoms with Gasteiger partial charge in [-0.05, 0) is 39.5 Å². The first-order valence-corrected chi connectivity index (χ1v) is 6.72. The molecule has 1 aliphatic heterocycles. The number of benzene rings is 1. The number of likely N-dealkylation sites (N-methyl/N-ethyl adjacent to an activating group) is 1. The van der Waals surface area contributed by atoms with Gasteiger partial charge >= 0.3 is 0 Å². The summed E-state index contributed by atoms with van der Waals surface area (Å²) in [5.74, 6) is 0.896. The van der Waals surface area contributed by atoms with Crippen molar-refractivity contribution < 1.29 is 9.53 Å². The minimum Gasteiger partial charge on any atom is -0.496 e. The van der Waals surface area contributed by atoms with E-state index in [1.807, 2.05) is 6.07 Å². The molecule has 1 amide bonds. The maximum absolute atomic E-state index is 11.4. The Bertz CT molecular complexity index is 463. The fraction of sp³-hybridized carbons (Fsp3) is 0.462.